The topological polar surface area (TPSA) is 63.7 Å². The van der Waals surface area contributed by atoms with Gasteiger partial charge in [-0.05, 0) is 47.9 Å². The first-order valence-corrected chi connectivity index (χ1v) is 12.3. The fraction of sp³-hybridized carbons (Fsp3) is 0.174. The van der Waals surface area contributed by atoms with Gasteiger partial charge in [-0.2, -0.15) is 4.31 Å². The van der Waals surface area contributed by atoms with Crippen LogP contribution in [0.5, 0.6) is 0 Å². The summed E-state index contributed by atoms with van der Waals surface area (Å²) in [6, 6.07) is 16.7. The Bertz CT molecular complexity index is 1270. The number of carbonyl (C=O) groups is 1. The third kappa shape index (κ3) is 4.65. The highest BCUT2D eigenvalue weighted by Gasteiger charge is 2.30. The number of hydrogen-bond donors (Lipinski definition) is 0. The molecule has 0 bridgehead atoms. The quantitative estimate of drug-likeness (QED) is 0.410. The minimum Gasteiger partial charge on any atom is -0.457 e. The maximum Gasteiger partial charge on any atom is 0.338 e. The molecule has 0 aromatic heterocycles. The van der Waals surface area contributed by atoms with Crippen molar-refractivity contribution in [3.63, 3.8) is 0 Å². The minimum atomic E-state index is -3.92. The molecule has 0 N–H and O–H groups in total. The van der Waals surface area contributed by atoms with E-state index in [-0.39, 0.29) is 28.6 Å². The number of nitrogens with zero attached hydrogens (tertiary/aromatic N) is 1. The molecule has 166 valence electrons. The Hall–Kier alpha value is -2.09. The molecule has 1 heterocycles. The molecule has 0 saturated carbocycles. The zero-order valence-corrected chi connectivity index (χ0v) is 19.8. The Balaban J connectivity index is 1.56. The Morgan fingerprint density at radius 2 is 1.59 bits per heavy atom. The van der Waals surface area contributed by atoms with E-state index in [0.29, 0.717) is 28.6 Å². The number of halogens is 3. The maximum atomic E-state index is 13.3. The SMILES string of the molecule is O=C(OCc1c(Cl)cccc1Cl)c1ccc(Cl)c(S(=O)(=O)N2CCc3ccccc3C2)c1. The first-order chi connectivity index (χ1) is 15.3. The summed E-state index contributed by atoms with van der Waals surface area (Å²) in [6.45, 7) is 0.425. The van der Waals surface area contributed by atoms with Gasteiger partial charge in [0, 0.05) is 28.7 Å². The molecule has 0 aliphatic carbocycles. The monoisotopic (exact) mass is 509 g/mol. The van der Waals surface area contributed by atoms with Crippen LogP contribution in [0, 0.1) is 0 Å². The second kappa shape index (κ2) is 9.41. The highest BCUT2D eigenvalue weighted by molar-refractivity contribution is 7.89. The summed E-state index contributed by atoms with van der Waals surface area (Å²) in [6.07, 6.45) is 0.605. The van der Waals surface area contributed by atoms with E-state index in [9.17, 15) is 13.2 Å². The molecular formula is C23H18Cl3NO4S. The lowest BCUT2D eigenvalue weighted by Gasteiger charge is -2.28. The van der Waals surface area contributed by atoms with Gasteiger partial charge >= 0.3 is 5.97 Å². The molecule has 1 aliphatic heterocycles. The summed E-state index contributed by atoms with van der Waals surface area (Å²) in [4.78, 5) is 12.5. The van der Waals surface area contributed by atoms with Gasteiger partial charge in [-0.15, -0.1) is 0 Å². The van der Waals surface area contributed by atoms with Crippen LogP contribution in [-0.2, 0) is 34.3 Å². The number of ether oxygens (including phenoxy) is 1. The largest absolute Gasteiger partial charge is 0.457 e. The molecule has 32 heavy (non-hydrogen) atoms. The summed E-state index contributed by atoms with van der Waals surface area (Å²) < 4.78 is 33.3. The first-order valence-electron chi connectivity index (χ1n) is 9.74. The van der Waals surface area contributed by atoms with Gasteiger partial charge in [0.1, 0.15) is 11.5 Å². The molecule has 0 atom stereocenters. The van der Waals surface area contributed by atoms with Crippen molar-refractivity contribution in [3.8, 4) is 0 Å². The molecule has 5 nitrogen and oxygen atoms in total. The predicted octanol–water partition coefficient (Wildman–Crippen LogP) is 5.75. The Labute approximate surface area is 201 Å². The molecule has 0 saturated heterocycles. The second-order valence-corrected chi connectivity index (χ2v) is 10.4. The van der Waals surface area contributed by atoms with E-state index in [0.717, 1.165) is 11.1 Å². The average molecular weight is 511 g/mol. The maximum absolute atomic E-state index is 13.3. The molecular weight excluding hydrogens is 493 g/mol. The summed E-state index contributed by atoms with van der Waals surface area (Å²) in [5.41, 5.74) is 2.61. The zero-order valence-electron chi connectivity index (χ0n) is 16.7. The van der Waals surface area contributed by atoms with Crippen molar-refractivity contribution >= 4 is 50.8 Å². The Kier molecular flexibility index (Phi) is 6.79. The van der Waals surface area contributed by atoms with Crippen LogP contribution in [-0.4, -0.2) is 25.2 Å². The Morgan fingerprint density at radius 1 is 0.906 bits per heavy atom. The van der Waals surface area contributed by atoms with Crippen LogP contribution in [0.15, 0.2) is 65.6 Å². The van der Waals surface area contributed by atoms with Crippen LogP contribution >= 0.6 is 34.8 Å². The number of benzene rings is 3. The van der Waals surface area contributed by atoms with Crippen LogP contribution in [0.2, 0.25) is 15.1 Å². The number of sulfonamides is 1. The molecule has 1 aliphatic rings. The van der Waals surface area contributed by atoms with Crippen molar-refractivity contribution in [2.24, 2.45) is 0 Å². The predicted molar refractivity (Wildman–Crippen MR) is 125 cm³/mol. The molecule has 0 radical (unpaired) electrons. The van der Waals surface area contributed by atoms with E-state index in [1.165, 1.54) is 22.5 Å². The van der Waals surface area contributed by atoms with Crippen molar-refractivity contribution < 1.29 is 17.9 Å². The van der Waals surface area contributed by atoms with Crippen LogP contribution < -0.4 is 0 Å². The third-order valence-corrected chi connectivity index (χ3v) is 8.32. The van der Waals surface area contributed by atoms with E-state index in [1.807, 2.05) is 24.3 Å². The van der Waals surface area contributed by atoms with Crippen molar-refractivity contribution in [2.45, 2.75) is 24.5 Å². The van der Waals surface area contributed by atoms with E-state index in [1.54, 1.807) is 18.2 Å². The highest BCUT2D eigenvalue weighted by Crippen LogP contribution is 2.30. The van der Waals surface area contributed by atoms with E-state index < -0.39 is 16.0 Å². The van der Waals surface area contributed by atoms with E-state index in [4.69, 9.17) is 39.5 Å². The highest BCUT2D eigenvalue weighted by atomic mass is 35.5. The lowest BCUT2D eigenvalue weighted by molar-refractivity contribution is 0.0472. The number of rotatable bonds is 5. The van der Waals surface area contributed by atoms with Gasteiger partial charge in [-0.3, -0.25) is 0 Å². The van der Waals surface area contributed by atoms with Crippen molar-refractivity contribution in [2.75, 3.05) is 6.54 Å². The summed E-state index contributed by atoms with van der Waals surface area (Å²) >= 11 is 18.4. The van der Waals surface area contributed by atoms with Crippen LogP contribution in [0.3, 0.4) is 0 Å². The van der Waals surface area contributed by atoms with Gasteiger partial charge in [-0.25, -0.2) is 13.2 Å². The van der Waals surface area contributed by atoms with Crippen LogP contribution in [0.1, 0.15) is 27.0 Å². The molecule has 3 aromatic rings. The van der Waals surface area contributed by atoms with Gasteiger partial charge in [-0.1, -0.05) is 65.1 Å². The van der Waals surface area contributed by atoms with Gasteiger partial charge < -0.3 is 4.74 Å². The lowest BCUT2D eigenvalue weighted by Crippen LogP contribution is -2.36. The number of esters is 1. The van der Waals surface area contributed by atoms with Crippen molar-refractivity contribution in [1.82, 2.24) is 4.31 Å². The van der Waals surface area contributed by atoms with Crippen molar-refractivity contribution in [1.29, 1.82) is 0 Å². The second-order valence-electron chi connectivity index (χ2n) is 7.28. The number of carbonyl (C=O) groups excluding carboxylic acids is 1. The van der Waals surface area contributed by atoms with E-state index in [2.05, 4.69) is 0 Å². The lowest BCUT2D eigenvalue weighted by atomic mass is 10.0. The molecule has 0 amide bonds. The molecule has 0 spiro atoms. The third-order valence-electron chi connectivity index (χ3n) is 5.29. The average Bonchev–Trinajstić information content (AvgIpc) is 2.78. The first kappa shape index (κ1) is 23.1. The molecule has 9 heteroatoms. The van der Waals surface area contributed by atoms with Gasteiger partial charge in [0.2, 0.25) is 10.0 Å². The molecule has 3 aromatic carbocycles. The smallest absolute Gasteiger partial charge is 0.338 e. The molecule has 0 fully saturated rings. The zero-order chi connectivity index (χ0) is 22.9. The van der Waals surface area contributed by atoms with Gasteiger partial charge in [0.15, 0.2) is 0 Å². The van der Waals surface area contributed by atoms with Crippen molar-refractivity contribution in [3.05, 3.63) is 98.0 Å². The van der Waals surface area contributed by atoms with Gasteiger partial charge in [0.05, 0.1) is 10.6 Å². The van der Waals surface area contributed by atoms with Crippen LogP contribution in [0.4, 0.5) is 0 Å². The summed E-state index contributed by atoms with van der Waals surface area (Å²) in [7, 11) is -3.92. The normalized spacial score (nSPS) is 14.1. The van der Waals surface area contributed by atoms with E-state index >= 15 is 0 Å². The fourth-order valence-corrected chi connectivity index (χ4v) is 5.96. The summed E-state index contributed by atoms with van der Waals surface area (Å²) in [5.74, 6) is -0.710. The van der Waals surface area contributed by atoms with Crippen LogP contribution in [0.25, 0.3) is 0 Å². The fourth-order valence-electron chi connectivity index (χ4n) is 3.53. The standard InChI is InChI=1S/C23H18Cl3NO4S/c24-19-6-3-7-20(25)18(19)14-31-23(28)16-8-9-21(26)22(12-16)32(29,30)27-11-10-15-4-1-2-5-17(15)13-27/h1-9,12H,10-11,13-14H2. The number of hydrogen-bond acceptors (Lipinski definition) is 4. The minimum absolute atomic E-state index is 0.0366. The summed E-state index contributed by atoms with van der Waals surface area (Å²) in [5, 5.41) is 0.777. The molecule has 0 unspecified atom stereocenters. The number of fused-ring (bicyclic) bond motifs is 1. The Morgan fingerprint density at radius 3 is 2.31 bits per heavy atom. The molecule has 4 rings (SSSR count). The van der Waals surface area contributed by atoms with Gasteiger partial charge in [0.25, 0.3) is 0 Å².